The summed E-state index contributed by atoms with van der Waals surface area (Å²) >= 11 is 1.45. The molecule has 172 valence electrons. The van der Waals surface area contributed by atoms with E-state index >= 15 is 0 Å². The van der Waals surface area contributed by atoms with E-state index in [4.69, 9.17) is 9.26 Å². The lowest BCUT2D eigenvalue weighted by molar-refractivity contribution is -0.118. The third-order valence-electron chi connectivity index (χ3n) is 4.83. The number of aromatic nitrogens is 2. The molecule has 0 saturated heterocycles. The molecule has 8 nitrogen and oxygen atoms in total. The van der Waals surface area contributed by atoms with Gasteiger partial charge >= 0.3 is 0 Å². The molecule has 2 aromatic heterocycles. The topological polar surface area (TPSA) is 106 Å². The molecule has 2 N–H and O–H groups in total. The zero-order chi connectivity index (χ0) is 23.9. The second-order valence-corrected chi connectivity index (χ2v) is 8.30. The summed E-state index contributed by atoms with van der Waals surface area (Å²) in [5, 5.41) is 11.3. The molecule has 0 aliphatic carbocycles. The number of benzene rings is 2. The summed E-state index contributed by atoms with van der Waals surface area (Å²) in [7, 11) is 1.58. The zero-order valence-electron chi connectivity index (χ0n) is 18.6. The Bertz CT molecular complexity index is 1310. The molecule has 34 heavy (non-hydrogen) atoms. The highest BCUT2D eigenvalue weighted by molar-refractivity contribution is 7.10. The molecule has 2 heterocycles. The molecule has 4 aromatic rings. The summed E-state index contributed by atoms with van der Waals surface area (Å²) in [4.78, 5) is 30.8. The molecule has 2 aromatic carbocycles. The number of carbonyl (C=O) groups excluding carboxylic acids is 2. The van der Waals surface area contributed by atoms with Crippen LogP contribution < -0.4 is 15.4 Å². The predicted octanol–water partition coefficient (Wildman–Crippen LogP) is 4.20. The maximum Gasteiger partial charge on any atom is 0.268 e. The minimum atomic E-state index is -0.477. The monoisotopic (exact) mass is 474 g/mol. The van der Waals surface area contributed by atoms with Crippen LogP contribution in [0.1, 0.15) is 26.7 Å². The van der Waals surface area contributed by atoms with E-state index in [0.29, 0.717) is 17.1 Å². The molecule has 2 amide bonds. The molecule has 0 saturated carbocycles. The number of thiophene rings is 1. The van der Waals surface area contributed by atoms with Gasteiger partial charge in [-0.15, -0.1) is 11.3 Å². The second kappa shape index (κ2) is 10.6. The van der Waals surface area contributed by atoms with Crippen molar-refractivity contribution in [2.45, 2.75) is 13.5 Å². The van der Waals surface area contributed by atoms with Crippen molar-refractivity contribution in [1.82, 2.24) is 20.8 Å². The standard InChI is InChI=1S/C25H22N4O4S/c1-16-8-10-17(11-9-16)24(30)27-21(14-20-7-4-12-34-20)25(31)26-15-22-28-23(29-33-22)18-5-3-6-19(13-18)32-2/h3-14H,15H2,1-2H3,(H,26,31)(H,27,30)/b21-14-. The fraction of sp³-hybridized carbons (Fsp3) is 0.120. The molecular formula is C25H22N4O4S. The number of hydrogen-bond acceptors (Lipinski definition) is 7. The molecule has 0 bridgehead atoms. The van der Waals surface area contributed by atoms with Gasteiger partial charge in [-0.05, 0) is 48.7 Å². The van der Waals surface area contributed by atoms with Gasteiger partial charge in [0.2, 0.25) is 11.7 Å². The van der Waals surface area contributed by atoms with Crippen LogP contribution >= 0.6 is 11.3 Å². The molecule has 0 fully saturated rings. The Kier molecular flexibility index (Phi) is 7.14. The predicted molar refractivity (Wildman–Crippen MR) is 129 cm³/mol. The maximum atomic E-state index is 12.9. The van der Waals surface area contributed by atoms with Crippen molar-refractivity contribution < 1.29 is 18.8 Å². The van der Waals surface area contributed by atoms with Gasteiger partial charge in [0.15, 0.2) is 0 Å². The number of nitrogens with one attached hydrogen (secondary N) is 2. The van der Waals surface area contributed by atoms with Crippen LogP contribution in [0, 0.1) is 6.92 Å². The van der Waals surface area contributed by atoms with Crippen LogP contribution in [-0.2, 0) is 11.3 Å². The highest BCUT2D eigenvalue weighted by Gasteiger charge is 2.17. The van der Waals surface area contributed by atoms with Crippen molar-refractivity contribution in [3.63, 3.8) is 0 Å². The van der Waals surface area contributed by atoms with Crippen molar-refractivity contribution >= 4 is 29.2 Å². The van der Waals surface area contributed by atoms with Crippen LogP contribution in [-0.4, -0.2) is 29.1 Å². The van der Waals surface area contributed by atoms with E-state index in [-0.39, 0.29) is 24.0 Å². The number of methoxy groups -OCH3 is 1. The van der Waals surface area contributed by atoms with E-state index in [9.17, 15) is 9.59 Å². The first kappa shape index (κ1) is 22.9. The minimum Gasteiger partial charge on any atom is -0.497 e. The Balaban J connectivity index is 1.46. The number of nitrogens with zero attached hydrogens (tertiary/aromatic N) is 2. The summed E-state index contributed by atoms with van der Waals surface area (Å²) in [5.41, 5.74) is 2.33. The van der Waals surface area contributed by atoms with Gasteiger partial charge in [-0.1, -0.05) is 41.1 Å². The van der Waals surface area contributed by atoms with E-state index in [0.717, 1.165) is 16.0 Å². The van der Waals surface area contributed by atoms with Crippen molar-refractivity contribution in [3.8, 4) is 17.1 Å². The van der Waals surface area contributed by atoms with Gasteiger partial charge in [-0.25, -0.2) is 0 Å². The second-order valence-electron chi connectivity index (χ2n) is 7.32. The largest absolute Gasteiger partial charge is 0.497 e. The first-order valence-electron chi connectivity index (χ1n) is 10.4. The molecule has 0 spiro atoms. The van der Waals surface area contributed by atoms with Gasteiger partial charge in [-0.3, -0.25) is 9.59 Å². The SMILES string of the molecule is COc1cccc(-c2noc(CNC(=O)/C(=C/c3cccs3)NC(=O)c3ccc(C)cc3)n2)c1. The highest BCUT2D eigenvalue weighted by atomic mass is 32.1. The average molecular weight is 475 g/mol. The lowest BCUT2D eigenvalue weighted by Crippen LogP contribution is -2.34. The average Bonchev–Trinajstić information content (AvgIpc) is 3.55. The van der Waals surface area contributed by atoms with E-state index < -0.39 is 5.91 Å². The Morgan fingerprint density at radius 1 is 1.12 bits per heavy atom. The Morgan fingerprint density at radius 3 is 2.68 bits per heavy atom. The summed E-state index contributed by atoms with van der Waals surface area (Å²) < 4.78 is 10.5. The fourth-order valence-corrected chi connectivity index (χ4v) is 3.69. The van der Waals surface area contributed by atoms with Crippen molar-refractivity contribution in [2.75, 3.05) is 7.11 Å². The lowest BCUT2D eigenvalue weighted by atomic mass is 10.1. The number of hydrogen-bond donors (Lipinski definition) is 2. The highest BCUT2D eigenvalue weighted by Crippen LogP contribution is 2.21. The number of rotatable bonds is 8. The van der Waals surface area contributed by atoms with Gasteiger partial charge in [0, 0.05) is 16.0 Å². The van der Waals surface area contributed by atoms with Crippen LogP contribution in [0.4, 0.5) is 0 Å². The van der Waals surface area contributed by atoms with Gasteiger partial charge < -0.3 is 19.9 Å². The van der Waals surface area contributed by atoms with Crippen LogP contribution in [0.5, 0.6) is 5.75 Å². The van der Waals surface area contributed by atoms with Crippen molar-refractivity contribution in [3.05, 3.63) is 93.6 Å². The Labute approximate surface area is 200 Å². The third-order valence-corrected chi connectivity index (χ3v) is 5.65. The quantitative estimate of drug-likeness (QED) is 0.371. The summed E-state index contributed by atoms with van der Waals surface area (Å²) in [5.74, 6) is 0.424. The van der Waals surface area contributed by atoms with Crippen LogP contribution in [0.15, 0.2) is 76.3 Å². The number of ether oxygens (including phenoxy) is 1. The third kappa shape index (κ3) is 5.76. The summed E-state index contributed by atoms with van der Waals surface area (Å²) in [6.45, 7) is 1.94. The summed E-state index contributed by atoms with van der Waals surface area (Å²) in [6.07, 6.45) is 1.63. The summed E-state index contributed by atoms with van der Waals surface area (Å²) in [6, 6.07) is 18.1. The molecule has 4 rings (SSSR count). The molecule has 0 aliphatic rings. The Morgan fingerprint density at radius 2 is 1.94 bits per heavy atom. The Hall–Kier alpha value is -4.24. The van der Waals surface area contributed by atoms with Gasteiger partial charge in [0.25, 0.3) is 11.8 Å². The maximum absolute atomic E-state index is 12.9. The minimum absolute atomic E-state index is 0.00200. The zero-order valence-corrected chi connectivity index (χ0v) is 19.4. The normalized spacial score (nSPS) is 11.2. The van der Waals surface area contributed by atoms with E-state index in [1.165, 1.54) is 11.3 Å². The van der Waals surface area contributed by atoms with Crippen molar-refractivity contribution in [2.24, 2.45) is 0 Å². The molecular weight excluding hydrogens is 452 g/mol. The van der Waals surface area contributed by atoms with Gasteiger partial charge in [0.05, 0.1) is 13.7 Å². The number of amides is 2. The molecule has 0 radical (unpaired) electrons. The molecule has 0 unspecified atom stereocenters. The number of carbonyl (C=O) groups is 2. The van der Waals surface area contributed by atoms with E-state index in [1.54, 1.807) is 31.4 Å². The first-order chi connectivity index (χ1) is 16.5. The smallest absolute Gasteiger partial charge is 0.268 e. The van der Waals surface area contributed by atoms with Crippen LogP contribution in [0.2, 0.25) is 0 Å². The van der Waals surface area contributed by atoms with E-state index in [1.807, 2.05) is 54.8 Å². The van der Waals surface area contributed by atoms with Crippen molar-refractivity contribution in [1.29, 1.82) is 0 Å². The lowest BCUT2D eigenvalue weighted by Gasteiger charge is -2.10. The molecule has 0 atom stereocenters. The molecule has 9 heteroatoms. The fourth-order valence-electron chi connectivity index (χ4n) is 3.03. The van der Waals surface area contributed by atoms with E-state index in [2.05, 4.69) is 20.8 Å². The first-order valence-corrected chi connectivity index (χ1v) is 11.3. The van der Waals surface area contributed by atoms with Gasteiger partial charge in [0.1, 0.15) is 11.4 Å². The molecule has 0 aliphatic heterocycles. The van der Waals surface area contributed by atoms with Crippen LogP contribution in [0.25, 0.3) is 17.5 Å². The number of aryl methyl sites for hydroxylation is 1. The van der Waals surface area contributed by atoms with Crippen LogP contribution in [0.3, 0.4) is 0 Å². The van der Waals surface area contributed by atoms with Gasteiger partial charge in [-0.2, -0.15) is 4.98 Å².